The van der Waals surface area contributed by atoms with Crippen LogP contribution >= 0.6 is 11.6 Å². The fourth-order valence-corrected chi connectivity index (χ4v) is 2.14. The van der Waals surface area contributed by atoms with E-state index in [0.29, 0.717) is 22.1 Å². The van der Waals surface area contributed by atoms with Crippen molar-refractivity contribution in [3.63, 3.8) is 0 Å². The number of hydrogen-bond donors (Lipinski definition) is 1. The summed E-state index contributed by atoms with van der Waals surface area (Å²) in [4.78, 5) is 11.4. The lowest BCUT2D eigenvalue weighted by molar-refractivity contribution is -0.145. The smallest absolute Gasteiger partial charge is 0.345 e. The average Bonchev–Trinajstić information content (AvgIpc) is 2.48. The molecule has 110 valence electrons. The van der Waals surface area contributed by atoms with Crippen molar-refractivity contribution in [3.05, 3.63) is 59.1 Å². The van der Waals surface area contributed by atoms with E-state index in [0.717, 1.165) is 0 Å². The molecule has 21 heavy (non-hydrogen) atoms. The molecule has 2 rings (SSSR count). The molecule has 2 aromatic rings. The highest BCUT2D eigenvalue weighted by molar-refractivity contribution is 6.30. The molecule has 0 amide bonds. The molecule has 0 aromatic heterocycles. The lowest BCUT2D eigenvalue weighted by atomic mass is 10.1. The Morgan fingerprint density at radius 3 is 2.57 bits per heavy atom. The molecule has 0 saturated carbocycles. The lowest BCUT2D eigenvalue weighted by Gasteiger charge is -2.17. The van der Waals surface area contributed by atoms with Crippen LogP contribution in [0, 0.1) is 0 Å². The van der Waals surface area contributed by atoms with Gasteiger partial charge in [0.05, 0.1) is 7.11 Å². The Bertz CT molecular complexity index is 613. The van der Waals surface area contributed by atoms with Crippen molar-refractivity contribution in [2.24, 2.45) is 0 Å². The Balaban J connectivity index is 2.20. The molecule has 0 radical (unpaired) electrons. The summed E-state index contributed by atoms with van der Waals surface area (Å²) in [6, 6.07) is 13.9. The first-order valence-corrected chi connectivity index (χ1v) is 6.75. The quantitative estimate of drug-likeness (QED) is 0.888. The fourth-order valence-electron chi connectivity index (χ4n) is 1.95. The number of benzene rings is 2. The molecule has 0 aliphatic rings. The second kappa shape index (κ2) is 6.99. The molecule has 0 aliphatic heterocycles. The van der Waals surface area contributed by atoms with Crippen LogP contribution in [0.5, 0.6) is 11.5 Å². The normalized spacial score (nSPS) is 11.7. The van der Waals surface area contributed by atoms with Crippen LogP contribution < -0.4 is 9.47 Å². The van der Waals surface area contributed by atoms with E-state index in [2.05, 4.69) is 0 Å². The van der Waals surface area contributed by atoms with Gasteiger partial charge in [-0.25, -0.2) is 4.79 Å². The Labute approximate surface area is 127 Å². The van der Waals surface area contributed by atoms with Crippen molar-refractivity contribution < 1.29 is 19.4 Å². The number of halogens is 1. The Morgan fingerprint density at radius 2 is 1.95 bits per heavy atom. The zero-order valence-corrected chi connectivity index (χ0v) is 12.2. The molecule has 0 fully saturated rings. The number of ether oxygens (including phenoxy) is 2. The van der Waals surface area contributed by atoms with Gasteiger partial charge in [-0.3, -0.25) is 0 Å². The maximum Gasteiger partial charge on any atom is 0.345 e. The number of carboxylic acids is 1. The van der Waals surface area contributed by atoms with Gasteiger partial charge >= 0.3 is 5.97 Å². The van der Waals surface area contributed by atoms with Crippen LogP contribution in [-0.4, -0.2) is 24.3 Å². The number of para-hydroxylation sites is 1. The third kappa shape index (κ3) is 4.13. The maximum atomic E-state index is 11.4. The summed E-state index contributed by atoms with van der Waals surface area (Å²) in [7, 11) is 1.53. The summed E-state index contributed by atoms with van der Waals surface area (Å²) >= 11 is 5.95. The van der Waals surface area contributed by atoms with Crippen LogP contribution in [0.3, 0.4) is 0 Å². The van der Waals surface area contributed by atoms with E-state index in [1.165, 1.54) is 7.11 Å². The van der Waals surface area contributed by atoms with Gasteiger partial charge in [0.15, 0.2) is 6.10 Å². The number of aliphatic carboxylic acids is 1. The second-order valence-electron chi connectivity index (χ2n) is 4.42. The Hall–Kier alpha value is -2.20. The largest absolute Gasteiger partial charge is 0.496 e. The summed E-state index contributed by atoms with van der Waals surface area (Å²) in [6.07, 6.45) is -0.853. The van der Waals surface area contributed by atoms with Crippen molar-refractivity contribution in [3.8, 4) is 11.5 Å². The third-order valence-electron chi connectivity index (χ3n) is 2.94. The first-order valence-electron chi connectivity index (χ1n) is 6.37. The van der Waals surface area contributed by atoms with Crippen LogP contribution in [-0.2, 0) is 11.2 Å². The molecule has 5 heteroatoms. The fraction of sp³-hybridized carbons (Fsp3) is 0.188. The van der Waals surface area contributed by atoms with Gasteiger partial charge < -0.3 is 14.6 Å². The van der Waals surface area contributed by atoms with Gasteiger partial charge in [0.25, 0.3) is 0 Å². The van der Waals surface area contributed by atoms with Gasteiger partial charge in [0.2, 0.25) is 0 Å². The summed E-state index contributed by atoms with van der Waals surface area (Å²) in [5.41, 5.74) is 0.688. The SMILES string of the molecule is COc1ccc(Cl)cc1CC(Oc1ccccc1)C(=O)O. The van der Waals surface area contributed by atoms with E-state index in [1.807, 2.05) is 6.07 Å². The third-order valence-corrected chi connectivity index (χ3v) is 3.18. The molecule has 4 nitrogen and oxygen atoms in total. The minimum atomic E-state index is -1.04. The predicted molar refractivity (Wildman–Crippen MR) is 80.2 cm³/mol. The molecule has 1 unspecified atom stereocenters. The van der Waals surface area contributed by atoms with Crippen LogP contribution in [0.4, 0.5) is 0 Å². The topological polar surface area (TPSA) is 55.8 Å². The van der Waals surface area contributed by atoms with Gasteiger partial charge in [-0.05, 0) is 35.9 Å². The van der Waals surface area contributed by atoms with Crippen LogP contribution in [0.2, 0.25) is 5.02 Å². The lowest BCUT2D eigenvalue weighted by Crippen LogP contribution is -2.29. The minimum absolute atomic E-state index is 0.161. The van der Waals surface area contributed by atoms with E-state index in [-0.39, 0.29) is 6.42 Å². The van der Waals surface area contributed by atoms with E-state index < -0.39 is 12.1 Å². The van der Waals surface area contributed by atoms with Gasteiger partial charge in [-0.2, -0.15) is 0 Å². The predicted octanol–water partition coefficient (Wildman–Crippen LogP) is 3.42. The first kappa shape index (κ1) is 15.2. The van der Waals surface area contributed by atoms with Crippen molar-refractivity contribution in [1.82, 2.24) is 0 Å². The summed E-state index contributed by atoms with van der Waals surface area (Å²) in [5, 5.41) is 9.85. The highest BCUT2D eigenvalue weighted by Crippen LogP contribution is 2.25. The first-order chi connectivity index (χ1) is 10.1. The van der Waals surface area contributed by atoms with E-state index in [4.69, 9.17) is 21.1 Å². The number of rotatable bonds is 6. The van der Waals surface area contributed by atoms with Crippen molar-refractivity contribution in [2.75, 3.05) is 7.11 Å². The summed E-state index contributed by atoms with van der Waals surface area (Å²) in [6.45, 7) is 0. The highest BCUT2D eigenvalue weighted by Gasteiger charge is 2.22. The second-order valence-corrected chi connectivity index (χ2v) is 4.85. The number of methoxy groups -OCH3 is 1. The molecule has 0 spiro atoms. The summed E-state index contributed by atoms with van der Waals surface area (Å²) in [5.74, 6) is 0.0501. The molecular weight excluding hydrogens is 292 g/mol. The van der Waals surface area contributed by atoms with E-state index in [9.17, 15) is 9.90 Å². The maximum absolute atomic E-state index is 11.4. The zero-order valence-electron chi connectivity index (χ0n) is 11.5. The number of carboxylic acid groups (broad SMARTS) is 1. The van der Waals surface area contributed by atoms with Crippen molar-refractivity contribution in [2.45, 2.75) is 12.5 Å². The van der Waals surface area contributed by atoms with Crippen LogP contribution in [0.25, 0.3) is 0 Å². The standard InChI is InChI=1S/C16H15ClO4/c1-20-14-8-7-12(17)9-11(14)10-15(16(18)19)21-13-5-3-2-4-6-13/h2-9,15H,10H2,1H3,(H,18,19). The summed E-state index contributed by atoms with van der Waals surface area (Å²) < 4.78 is 10.7. The average molecular weight is 307 g/mol. The Morgan fingerprint density at radius 1 is 1.24 bits per heavy atom. The van der Waals surface area contributed by atoms with Gasteiger partial charge in [-0.1, -0.05) is 29.8 Å². The van der Waals surface area contributed by atoms with Crippen molar-refractivity contribution >= 4 is 17.6 Å². The highest BCUT2D eigenvalue weighted by atomic mass is 35.5. The monoisotopic (exact) mass is 306 g/mol. The minimum Gasteiger partial charge on any atom is -0.496 e. The molecular formula is C16H15ClO4. The molecule has 0 saturated heterocycles. The molecule has 0 heterocycles. The van der Waals surface area contributed by atoms with Crippen LogP contribution in [0.15, 0.2) is 48.5 Å². The number of carbonyl (C=O) groups is 1. The van der Waals surface area contributed by atoms with Gasteiger partial charge in [0.1, 0.15) is 11.5 Å². The van der Waals surface area contributed by atoms with Gasteiger partial charge in [0, 0.05) is 11.4 Å². The number of hydrogen-bond acceptors (Lipinski definition) is 3. The van der Waals surface area contributed by atoms with E-state index in [1.54, 1.807) is 42.5 Å². The molecule has 1 N–H and O–H groups in total. The molecule has 2 aromatic carbocycles. The van der Waals surface area contributed by atoms with Crippen LogP contribution in [0.1, 0.15) is 5.56 Å². The van der Waals surface area contributed by atoms with Crippen molar-refractivity contribution in [1.29, 1.82) is 0 Å². The van der Waals surface area contributed by atoms with Gasteiger partial charge in [-0.15, -0.1) is 0 Å². The molecule has 1 atom stereocenters. The molecule has 0 aliphatic carbocycles. The zero-order chi connectivity index (χ0) is 15.2. The van der Waals surface area contributed by atoms with E-state index >= 15 is 0 Å². The Kier molecular flexibility index (Phi) is 5.06. The molecule has 0 bridgehead atoms.